The molecule has 5 aliphatic rings. The lowest BCUT2D eigenvalue weighted by molar-refractivity contribution is -0.141. The fraction of sp³-hybridized carbons (Fsp3) is 0.459. The molecule has 3 aromatic carbocycles. The van der Waals surface area contributed by atoms with Gasteiger partial charge in [0.2, 0.25) is 11.8 Å². The Bertz CT molecular complexity index is 3480. The van der Waals surface area contributed by atoms with Crippen LogP contribution in [0.15, 0.2) is 77.6 Å². The van der Waals surface area contributed by atoms with Crippen LogP contribution >= 0.6 is 0 Å². The normalized spacial score (nSPS) is 20.6. The van der Waals surface area contributed by atoms with Crippen molar-refractivity contribution in [1.29, 1.82) is 0 Å². The molecule has 5 aliphatic heterocycles. The zero-order valence-electron chi connectivity index (χ0n) is 45.7. The molecular weight excluding hydrogens is 1020 g/mol. The molecule has 2 bridgehead atoms. The number of nitrogens with one attached hydrogen (secondary N) is 2. The van der Waals surface area contributed by atoms with Crippen LogP contribution in [-0.4, -0.2) is 134 Å². The summed E-state index contributed by atoms with van der Waals surface area (Å²) in [6.07, 6.45) is 15.8. The number of likely N-dealkylation sites (tertiary alicyclic amines) is 2. The minimum absolute atomic E-state index is 0.0190. The highest BCUT2D eigenvalue weighted by molar-refractivity contribution is 6.03. The van der Waals surface area contributed by atoms with Gasteiger partial charge in [-0.2, -0.15) is 15.1 Å². The van der Waals surface area contributed by atoms with Gasteiger partial charge in [0.1, 0.15) is 47.2 Å². The fourth-order valence-corrected chi connectivity index (χ4v) is 13.1. The summed E-state index contributed by atoms with van der Waals surface area (Å²) in [4.78, 5) is 50.8. The van der Waals surface area contributed by atoms with Crippen molar-refractivity contribution < 1.29 is 32.7 Å². The van der Waals surface area contributed by atoms with Gasteiger partial charge in [-0.1, -0.05) is 55.3 Å². The molecule has 4 aromatic heterocycles. The number of fused-ring (bicyclic) bond motifs is 4. The fourth-order valence-electron chi connectivity index (χ4n) is 13.1. The number of rotatable bonds is 16. The van der Waals surface area contributed by atoms with Crippen LogP contribution in [0.4, 0.5) is 20.4 Å². The van der Waals surface area contributed by atoms with Gasteiger partial charge in [0, 0.05) is 87.8 Å². The number of piperazine rings is 1. The summed E-state index contributed by atoms with van der Waals surface area (Å²) >= 11 is 0. The third kappa shape index (κ3) is 10.4. The molecule has 5 atom stereocenters. The van der Waals surface area contributed by atoms with E-state index in [1.165, 1.54) is 24.3 Å². The second-order valence-electron chi connectivity index (χ2n) is 23.0. The van der Waals surface area contributed by atoms with Crippen LogP contribution in [0.25, 0.3) is 44.2 Å². The number of terminal acetylenes is 1. The molecular formula is C61H68F2N12O5. The Morgan fingerprint density at radius 1 is 0.925 bits per heavy atom. The number of aryl methyl sites for hydroxylation is 1. The summed E-state index contributed by atoms with van der Waals surface area (Å²) in [6.45, 7) is 12.4. The van der Waals surface area contributed by atoms with E-state index in [1.54, 1.807) is 17.3 Å². The van der Waals surface area contributed by atoms with Crippen molar-refractivity contribution in [3.05, 3.63) is 102 Å². The average Bonchev–Trinajstić information content (AvgIpc) is 4.35. The van der Waals surface area contributed by atoms with Crippen LogP contribution in [0, 0.1) is 41.7 Å². The van der Waals surface area contributed by atoms with Crippen LogP contribution in [0.1, 0.15) is 94.6 Å². The van der Waals surface area contributed by atoms with Crippen molar-refractivity contribution in [1.82, 2.24) is 50.3 Å². The number of carbonyl (C=O) groups is 2. The van der Waals surface area contributed by atoms with Crippen molar-refractivity contribution in [2.24, 2.45) is 24.8 Å². The highest BCUT2D eigenvalue weighted by Crippen LogP contribution is 2.41. The van der Waals surface area contributed by atoms with Crippen molar-refractivity contribution >= 4 is 45.1 Å². The molecule has 2 unspecified atom stereocenters. The molecule has 0 radical (unpaired) electrons. The summed E-state index contributed by atoms with van der Waals surface area (Å²) in [5, 5.41) is 27.4. The summed E-state index contributed by atoms with van der Waals surface area (Å²) in [5.41, 5.74) is 3.05. The van der Waals surface area contributed by atoms with Crippen molar-refractivity contribution in [3.63, 3.8) is 0 Å². The number of hydrogen-bond acceptors (Lipinski definition) is 14. The Morgan fingerprint density at radius 2 is 1.70 bits per heavy atom. The lowest BCUT2D eigenvalue weighted by atomic mass is 9.83. The van der Waals surface area contributed by atoms with Gasteiger partial charge in [0.25, 0.3) is 0 Å². The van der Waals surface area contributed by atoms with Gasteiger partial charge in [-0.15, -0.1) is 6.42 Å². The molecule has 0 spiro atoms. The van der Waals surface area contributed by atoms with Crippen LogP contribution in [0.5, 0.6) is 11.8 Å². The maximum atomic E-state index is 17.1. The number of amides is 2. The van der Waals surface area contributed by atoms with Gasteiger partial charge >= 0.3 is 6.01 Å². The predicted octanol–water partition coefficient (Wildman–Crippen LogP) is 8.36. The second kappa shape index (κ2) is 22.1. The minimum atomic E-state index is -0.746. The van der Waals surface area contributed by atoms with E-state index in [1.807, 2.05) is 68.9 Å². The SMILES string of the molecule is C#Cc1c(F)ccc2cc(O)cc(-c3ncc4c(N5CC6CCC(C5)N6)nc(OCCN5CCC(CC6CN(c7cc([C@H](C(=O)N8CCC[C@H]8C(=O)N[C@@H](C)c8ccc(-c9ccnn9C)cc8)C(C)C)on7)C6)CC5)nc4c3F)c12. The monoisotopic (exact) mass is 1090 g/mol. The first-order valence-corrected chi connectivity index (χ1v) is 28.3. The van der Waals surface area contributed by atoms with Gasteiger partial charge in [0.15, 0.2) is 17.4 Å². The summed E-state index contributed by atoms with van der Waals surface area (Å²) in [7, 11) is 1.91. The molecule has 2 amide bonds. The number of nitrogens with zero attached hydrogens (tertiary/aromatic N) is 10. The summed E-state index contributed by atoms with van der Waals surface area (Å²) in [5.74, 6) is 2.92. The van der Waals surface area contributed by atoms with Crippen LogP contribution in [0.2, 0.25) is 0 Å². The van der Waals surface area contributed by atoms with Crippen LogP contribution < -0.4 is 25.2 Å². The van der Waals surface area contributed by atoms with Gasteiger partial charge in [-0.3, -0.25) is 24.2 Å². The number of aromatic hydroxyl groups is 1. The first-order chi connectivity index (χ1) is 38.8. The zero-order chi connectivity index (χ0) is 55.3. The largest absolute Gasteiger partial charge is 0.508 e. The van der Waals surface area contributed by atoms with E-state index in [2.05, 4.69) is 51.5 Å². The molecule has 5 fully saturated rings. The van der Waals surface area contributed by atoms with E-state index in [0.29, 0.717) is 73.4 Å². The highest BCUT2D eigenvalue weighted by Gasteiger charge is 2.42. The smallest absolute Gasteiger partial charge is 0.319 e. The van der Waals surface area contributed by atoms with E-state index < -0.39 is 23.6 Å². The Kier molecular flexibility index (Phi) is 14.6. The Balaban J connectivity index is 0.640. The molecule has 416 valence electrons. The maximum Gasteiger partial charge on any atom is 0.319 e. The molecule has 9 heterocycles. The first kappa shape index (κ1) is 53.0. The lowest BCUT2D eigenvalue weighted by Gasteiger charge is -2.42. The molecule has 0 aliphatic carbocycles. The summed E-state index contributed by atoms with van der Waals surface area (Å²) < 4.78 is 46.2. The quantitative estimate of drug-likeness (QED) is 0.0785. The molecule has 0 saturated carbocycles. The third-order valence-electron chi connectivity index (χ3n) is 17.4. The Morgan fingerprint density at radius 3 is 2.42 bits per heavy atom. The van der Waals surface area contributed by atoms with E-state index >= 15 is 8.78 Å². The number of phenolic OH excluding ortho intramolecular Hbond substituents is 1. The van der Waals surface area contributed by atoms with E-state index in [-0.39, 0.29) is 75.3 Å². The Hall–Kier alpha value is -7.69. The molecule has 80 heavy (non-hydrogen) atoms. The van der Waals surface area contributed by atoms with Crippen molar-refractivity contribution in [2.75, 3.05) is 68.8 Å². The number of halogens is 2. The average molecular weight is 1090 g/mol. The number of carbonyl (C=O) groups excluding carboxylic acids is 2. The summed E-state index contributed by atoms with van der Waals surface area (Å²) in [6, 6.07) is 17.4. The van der Waals surface area contributed by atoms with Gasteiger partial charge in [-0.25, -0.2) is 8.78 Å². The third-order valence-corrected chi connectivity index (χ3v) is 17.4. The maximum absolute atomic E-state index is 17.1. The number of benzene rings is 3. The van der Waals surface area contributed by atoms with Gasteiger partial charge < -0.3 is 39.7 Å². The van der Waals surface area contributed by atoms with Crippen LogP contribution in [0.3, 0.4) is 0 Å². The molecule has 17 nitrogen and oxygen atoms in total. The molecule has 12 rings (SSSR count). The first-order valence-electron chi connectivity index (χ1n) is 28.3. The van der Waals surface area contributed by atoms with E-state index in [4.69, 9.17) is 20.7 Å². The second-order valence-corrected chi connectivity index (χ2v) is 23.0. The predicted molar refractivity (Wildman–Crippen MR) is 301 cm³/mol. The number of ether oxygens (including phenoxy) is 1. The van der Waals surface area contributed by atoms with Crippen LogP contribution in [-0.2, 0) is 16.6 Å². The lowest BCUT2D eigenvalue weighted by Crippen LogP contribution is -2.51. The number of piperidine rings is 1. The van der Waals surface area contributed by atoms with Crippen molar-refractivity contribution in [3.8, 4) is 46.6 Å². The number of pyridine rings is 1. The van der Waals surface area contributed by atoms with Crippen molar-refractivity contribution in [2.45, 2.75) is 95.8 Å². The highest BCUT2D eigenvalue weighted by atomic mass is 19.1. The van der Waals surface area contributed by atoms with Gasteiger partial charge in [-0.05, 0) is 123 Å². The topological polar surface area (TPSA) is 183 Å². The van der Waals surface area contributed by atoms with Gasteiger partial charge in [0.05, 0.1) is 22.7 Å². The number of anilines is 2. The number of aromatic nitrogens is 6. The molecule has 19 heteroatoms. The Labute approximate surface area is 464 Å². The minimum Gasteiger partial charge on any atom is -0.508 e. The standard InChI is InChI=1S/C61H68F2N12O5/c1-6-45-48(62)16-13-41-27-44(76)28-46(54(41)45)56-55(63)57-47(30-64-56)58(74-33-42-14-15-43(34-74)67-42)69-61(68-57)79-25-24-72-22-18-37(19-23-72)26-38-31-73(32-38)52-29-51(80-70-52)53(35(2)3)60(78)75-21-7-8-50(75)59(77)66-36(4)39-9-11-40(12-10-39)49-17-20-65-71(49)5/h1,9-13,16-17,20,27-30,35-38,42-43,50,53,67,76H,7-8,14-15,18-19,21-26,31-34H2,2-5H3,(H,66,77)/t36-,42?,43?,50-,53+/m0/s1. The van der Waals surface area contributed by atoms with E-state index in [9.17, 15) is 14.7 Å². The molecule has 5 saturated heterocycles. The van der Waals surface area contributed by atoms with E-state index in [0.717, 1.165) is 87.3 Å². The zero-order valence-corrected chi connectivity index (χ0v) is 45.7. The number of hydrogen-bond donors (Lipinski definition) is 3. The molecule has 7 aromatic rings. The number of phenols is 1. The molecule has 3 N–H and O–H groups in total.